The molecule has 1 aromatic carbocycles. The first-order valence-corrected chi connectivity index (χ1v) is 4.37. The fourth-order valence-electron chi connectivity index (χ4n) is 1.39. The molecular formula is C9H7Cl2N. The van der Waals surface area contributed by atoms with E-state index in [9.17, 15) is 0 Å². The Kier molecular flexibility index (Phi) is 1.78. The lowest BCUT2D eigenvalue weighted by Crippen LogP contribution is -1.75. The summed E-state index contributed by atoms with van der Waals surface area (Å²) in [5.74, 6) is 0. The van der Waals surface area contributed by atoms with Gasteiger partial charge in [0.05, 0.1) is 5.02 Å². The van der Waals surface area contributed by atoms with Gasteiger partial charge in [-0.2, -0.15) is 0 Å². The van der Waals surface area contributed by atoms with Gasteiger partial charge in [0, 0.05) is 22.1 Å². The van der Waals surface area contributed by atoms with Gasteiger partial charge in [0.15, 0.2) is 0 Å². The minimum Gasteiger partial charge on any atom is -0.360 e. The van der Waals surface area contributed by atoms with Crippen LogP contribution in [0.4, 0.5) is 0 Å². The summed E-state index contributed by atoms with van der Waals surface area (Å²) in [4.78, 5) is 3.05. The third-order valence-corrected chi connectivity index (χ3v) is 2.41. The van der Waals surface area contributed by atoms with E-state index in [1.807, 2.05) is 19.1 Å². The van der Waals surface area contributed by atoms with Crippen molar-refractivity contribution in [1.29, 1.82) is 0 Å². The van der Waals surface area contributed by atoms with Crippen LogP contribution in [0.3, 0.4) is 0 Å². The molecule has 62 valence electrons. The molecule has 2 rings (SSSR count). The predicted octanol–water partition coefficient (Wildman–Crippen LogP) is 3.78. The highest BCUT2D eigenvalue weighted by atomic mass is 35.5. The van der Waals surface area contributed by atoms with Gasteiger partial charge in [-0.15, -0.1) is 0 Å². The molecule has 0 aliphatic rings. The first-order chi connectivity index (χ1) is 5.68. The minimum atomic E-state index is 0.735. The van der Waals surface area contributed by atoms with E-state index in [-0.39, 0.29) is 0 Å². The van der Waals surface area contributed by atoms with E-state index in [0.29, 0.717) is 0 Å². The number of aromatic amines is 1. The number of halogens is 2. The summed E-state index contributed by atoms with van der Waals surface area (Å²) in [6.45, 7) is 1.99. The smallest absolute Gasteiger partial charge is 0.0661 e. The van der Waals surface area contributed by atoms with Crippen LogP contribution < -0.4 is 0 Å². The van der Waals surface area contributed by atoms with Gasteiger partial charge in [-0.3, -0.25) is 0 Å². The maximum atomic E-state index is 5.96. The van der Waals surface area contributed by atoms with Crippen LogP contribution in [-0.2, 0) is 0 Å². The van der Waals surface area contributed by atoms with E-state index in [0.717, 1.165) is 26.5 Å². The van der Waals surface area contributed by atoms with Crippen LogP contribution in [0.2, 0.25) is 10.0 Å². The molecule has 0 saturated heterocycles. The van der Waals surface area contributed by atoms with Crippen LogP contribution in [0.5, 0.6) is 0 Å². The molecule has 0 fully saturated rings. The Bertz CT molecular complexity index is 431. The average molecular weight is 200 g/mol. The largest absolute Gasteiger partial charge is 0.360 e. The Morgan fingerprint density at radius 3 is 2.75 bits per heavy atom. The molecule has 0 amide bonds. The van der Waals surface area contributed by atoms with Crippen molar-refractivity contribution >= 4 is 34.1 Å². The number of fused-ring (bicyclic) bond motifs is 1. The molecule has 3 heteroatoms. The molecule has 0 bridgehead atoms. The quantitative estimate of drug-likeness (QED) is 0.665. The summed E-state index contributed by atoms with van der Waals surface area (Å²) < 4.78 is 0. The van der Waals surface area contributed by atoms with E-state index >= 15 is 0 Å². The zero-order chi connectivity index (χ0) is 8.72. The van der Waals surface area contributed by atoms with Gasteiger partial charge in [-0.25, -0.2) is 0 Å². The molecule has 0 aliphatic heterocycles. The normalized spacial score (nSPS) is 10.9. The molecule has 1 N–H and O–H groups in total. The molecule has 12 heavy (non-hydrogen) atoms. The van der Waals surface area contributed by atoms with Crippen molar-refractivity contribution in [1.82, 2.24) is 4.98 Å². The van der Waals surface area contributed by atoms with Crippen molar-refractivity contribution in [2.24, 2.45) is 0 Å². The number of hydrogen-bond donors (Lipinski definition) is 1. The predicted molar refractivity (Wildman–Crippen MR) is 53.1 cm³/mol. The Balaban J connectivity index is 2.93. The Hall–Kier alpha value is -0.660. The molecule has 0 unspecified atom stereocenters. The number of rotatable bonds is 0. The van der Waals surface area contributed by atoms with E-state index in [1.54, 1.807) is 6.20 Å². The van der Waals surface area contributed by atoms with Gasteiger partial charge in [0.1, 0.15) is 0 Å². The van der Waals surface area contributed by atoms with Crippen molar-refractivity contribution in [3.05, 3.63) is 33.9 Å². The lowest BCUT2D eigenvalue weighted by molar-refractivity contribution is 1.47. The number of aryl methyl sites for hydroxylation is 1. The van der Waals surface area contributed by atoms with Gasteiger partial charge in [0.2, 0.25) is 0 Å². The summed E-state index contributed by atoms with van der Waals surface area (Å²) in [5.41, 5.74) is 2.09. The van der Waals surface area contributed by atoms with Crippen molar-refractivity contribution in [3.8, 4) is 0 Å². The monoisotopic (exact) mass is 199 g/mol. The van der Waals surface area contributed by atoms with Crippen molar-refractivity contribution in [2.45, 2.75) is 6.92 Å². The maximum Gasteiger partial charge on any atom is 0.0661 e. The fraction of sp³-hybridized carbons (Fsp3) is 0.111. The van der Waals surface area contributed by atoms with Gasteiger partial charge in [-0.1, -0.05) is 23.2 Å². The molecule has 1 nitrogen and oxygen atoms in total. The highest BCUT2D eigenvalue weighted by Crippen LogP contribution is 2.28. The number of benzene rings is 1. The third kappa shape index (κ3) is 1.10. The van der Waals surface area contributed by atoms with E-state index in [2.05, 4.69) is 4.98 Å². The Labute approximate surface area is 80.3 Å². The van der Waals surface area contributed by atoms with Gasteiger partial charge >= 0.3 is 0 Å². The summed E-state index contributed by atoms with van der Waals surface area (Å²) >= 11 is 11.8. The summed E-state index contributed by atoms with van der Waals surface area (Å²) in [5, 5.41) is 2.54. The first-order valence-electron chi connectivity index (χ1n) is 3.61. The zero-order valence-corrected chi connectivity index (χ0v) is 8.00. The molecule has 2 aromatic rings. The molecule has 1 aromatic heterocycles. The fourth-order valence-corrected chi connectivity index (χ4v) is 1.97. The van der Waals surface area contributed by atoms with Crippen LogP contribution in [0.25, 0.3) is 10.9 Å². The molecule has 0 radical (unpaired) electrons. The van der Waals surface area contributed by atoms with Crippen LogP contribution in [0.15, 0.2) is 18.3 Å². The molecule has 1 heterocycles. The highest BCUT2D eigenvalue weighted by Gasteiger charge is 2.04. The standard InChI is InChI=1S/C9H7Cl2N/c1-5-2-6(10)3-8-9(5)7(11)4-12-8/h2-4,12H,1H3. The number of aromatic nitrogens is 1. The zero-order valence-electron chi connectivity index (χ0n) is 6.49. The van der Waals surface area contributed by atoms with Crippen LogP contribution >= 0.6 is 23.2 Å². The van der Waals surface area contributed by atoms with Gasteiger partial charge in [0.25, 0.3) is 0 Å². The molecule has 0 spiro atoms. The lowest BCUT2D eigenvalue weighted by atomic mass is 10.1. The minimum absolute atomic E-state index is 0.735. The van der Waals surface area contributed by atoms with Crippen LogP contribution in [-0.4, -0.2) is 4.98 Å². The second-order valence-electron chi connectivity index (χ2n) is 2.78. The molecule has 0 saturated carbocycles. The maximum absolute atomic E-state index is 5.96. The number of H-pyrrole nitrogens is 1. The van der Waals surface area contributed by atoms with E-state index < -0.39 is 0 Å². The van der Waals surface area contributed by atoms with Crippen molar-refractivity contribution in [2.75, 3.05) is 0 Å². The lowest BCUT2D eigenvalue weighted by Gasteiger charge is -1.97. The second-order valence-corrected chi connectivity index (χ2v) is 3.63. The van der Waals surface area contributed by atoms with Crippen LogP contribution in [0, 0.1) is 6.92 Å². The second kappa shape index (κ2) is 2.68. The van der Waals surface area contributed by atoms with E-state index in [4.69, 9.17) is 23.2 Å². The molecule has 0 aliphatic carbocycles. The van der Waals surface area contributed by atoms with Crippen molar-refractivity contribution < 1.29 is 0 Å². The Morgan fingerprint density at radius 1 is 1.25 bits per heavy atom. The van der Waals surface area contributed by atoms with Crippen LogP contribution in [0.1, 0.15) is 5.56 Å². The summed E-state index contributed by atoms with van der Waals surface area (Å²) in [6.07, 6.45) is 1.77. The third-order valence-electron chi connectivity index (χ3n) is 1.89. The summed E-state index contributed by atoms with van der Waals surface area (Å²) in [6, 6.07) is 3.78. The topological polar surface area (TPSA) is 15.8 Å². The van der Waals surface area contributed by atoms with Crippen molar-refractivity contribution in [3.63, 3.8) is 0 Å². The van der Waals surface area contributed by atoms with Gasteiger partial charge < -0.3 is 4.98 Å². The van der Waals surface area contributed by atoms with E-state index in [1.165, 1.54) is 0 Å². The number of nitrogens with one attached hydrogen (secondary N) is 1. The number of hydrogen-bond acceptors (Lipinski definition) is 0. The first kappa shape index (κ1) is 7.96. The average Bonchev–Trinajstić information content (AvgIpc) is 2.31. The molecular weight excluding hydrogens is 193 g/mol. The van der Waals surface area contributed by atoms with Gasteiger partial charge in [-0.05, 0) is 24.6 Å². The molecule has 0 atom stereocenters. The SMILES string of the molecule is Cc1cc(Cl)cc2[nH]cc(Cl)c12. The summed E-state index contributed by atoms with van der Waals surface area (Å²) in [7, 11) is 0. The highest BCUT2D eigenvalue weighted by molar-refractivity contribution is 6.36. The Morgan fingerprint density at radius 2 is 2.00 bits per heavy atom.